The van der Waals surface area contributed by atoms with Gasteiger partial charge in [0.05, 0.1) is 28.5 Å². The first-order valence-electron chi connectivity index (χ1n) is 10.5. The van der Waals surface area contributed by atoms with Gasteiger partial charge < -0.3 is 10.1 Å². The molecule has 8 nitrogen and oxygen atoms in total. The molecule has 5 aromatic rings. The van der Waals surface area contributed by atoms with Crippen LogP contribution in [0.3, 0.4) is 0 Å². The van der Waals surface area contributed by atoms with E-state index < -0.39 is 22.8 Å². The van der Waals surface area contributed by atoms with Crippen molar-refractivity contribution in [3.8, 4) is 11.4 Å². The number of ether oxygens (including phenoxy) is 1. The Kier molecular flexibility index (Phi) is 5.96. The molecule has 0 amide bonds. The van der Waals surface area contributed by atoms with Gasteiger partial charge in [-0.15, -0.1) is 0 Å². The quantitative estimate of drug-likeness (QED) is 0.302. The molecule has 5 rings (SSSR count). The van der Waals surface area contributed by atoms with E-state index in [1.165, 1.54) is 12.4 Å². The molecule has 0 saturated heterocycles. The number of anilines is 2. The maximum absolute atomic E-state index is 14.6. The molecule has 1 N–H and O–H groups in total. The zero-order valence-electron chi connectivity index (χ0n) is 18.6. The van der Waals surface area contributed by atoms with E-state index in [0.29, 0.717) is 28.2 Å². The minimum atomic E-state index is -0.935. The Hall–Kier alpha value is -4.18. The maximum atomic E-state index is 14.6. The molecule has 0 saturated carbocycles. The van der Waals surface area contributed by atoms with Crippen LogP contribution in [0.2, 0.25) is 5.02 Å². The normalized spacial score (nSPS) is 12.0. The highest BCUT2D eigenvalue weighted by Crippen LogP contribution is 2.37. The lowest BCUT2D eigenvalue weighted by Gasteiger charge is -2.18. The Morgan fingerprint density at radius 2 is 1.89 bits per heavy atom. The van der Waals surface area contributed by atoms with Gasteiger partial charge in [-0.05, 0) is 43.7 Å². The van der Waals surface area contributed by atoms with Crippen molar-refractivity contribution >= 4 is 34.0 Å². The van der Waals surface area contributed by atoms with Crippen molar-refractivity contribution in [2.24, 2.45) is 0 Å². The average molecular weight is 494 g/mol. The summed E-state index contributed by atoms with van der Waals surface area (Å²) in [6.45, 7) is 3.74. The molecule has 35 heavy (non-hydrogen) atoms. The lowest BCUT2D eigenvalue weighted by molar-refractivity contribution is 0.219. The fourth-order valence-electron chi connectivity index (χ4n) is 3.53. The standard InChI is InChI=1S/C24H18ClF2N7O/c1-13-10-32-34(11-13)15-8-18-20(19(9-15)35-14(2)23-28-6-3-7-29-23)24(31-12-30-18)33-17-5-4-16(26)21(25)22(17)27/h3-12,14H,1-2H3,(H,30,31,33)/t14-/m0/s1. The molecule has 0 bridgehead atoms. The summed E-state index contributed by atoms with van der Waals surface area (Å²) in [7, 11) is 0. The van der Waals surface area contributed by atoms with Crippen molar-refractivity contribution in [3.05, 3.63) is 89.5 Å². The Morgan fingerprint density at radius 1 is 1.09 bits per heavy atom. The predicted molar refractivity (Wildman–Crippen MR) is 127 cm³/mol. The van der Waals surface area contributed by atoms with Gasteiger partial charge in [0, 0.05) is 24.7 Å². The second kappa shape index (κ2) is 9.22. The highest BCUT2D eigenvalue weighted by Gasteiger charge is 2.19. The van der Waals surface area contributed by atoms with Crippen molar-refractivity contribution in [2.45, 2.75) is 20.0 Å². The van der Waals surface area contributed by atoms with Crippen molar-refractivity contribution in [3.63, 3.8) is 0 Å². The van der Waals surface area contributed by atoms with Crippen LogP contribution in [0.15, 0.2) is 61.4 Å². The number of halogens is 3. The predicted octanol–water partition coefficient (Wildman–Crippen LogP) is 5.73. The van der Waals surface area contributed by atoms with E-state index in [2.05, 4.69) is 30.4 Å². The number of hydrogen-bond donors (Lipinski definition) is 1. The van der Waals surface area contributed by atoms with Gasteiger partial charge in [-0.3, -0.25) is 0 Å². The zero-order chi connectivity index (χ0) is 24.5. The molecular weight excluding hydrogens is 476 g/mol. The Labute approximate surface area is 203 Å². The molecule has 0 aliphatic rings. The Balaban J connectivity index is 1.65. The van der Waals surface area contributed by atoms with Crippen molar-refractivity contribution < 1.29 is 13.5 Å². The van der Waals surface area contributed by atoms with E-state index in [9.17, 15) is 8.78 Å². The molecule has 11 heteroatoms. The number of fused-ring (bicyclic) bond motifs is 1. The van der Waals surface area contributed by atoms with Crippen LogP contribution >= 0.6 is 11.6 Å². The molecule has 3 aromatic heterocycles. The first-order valence-corrected chi connectivity index (χ1v) is 10.9. The third kappa shape index (κ3) is 4.47. The molecule has 0 aliphatic carbocycles. The summed E-state index contributed by atoms with van der Waals surface area (Å²) in [5.74, 6) is -0.681. The van der Waals surface area contributed by atoms with E-state index in [-0.39, 0.29) is 11.5 Å². The molecule has 0 radical (unpaired) electrons. The topological polar surface area (TPSA) is 90.6 Å². The number of hydrogen-bond acceptors (Lipinski definition) is 7. The number of nitrogens with zero attached hydrogens (tertiary/aromatic N) is 6. The highest BCUT2D eigenvalue weighted by molar-refractivity contribution is 6.31. The lowest BCUT2D eigenvalue weighted by atomic mass is 10.1. The van der Waals surface area contributed by atoms with E-state index in [4.69, 9.17) is 16.3 Å². The summed E-state index contributed by atoms with van der Waals surface area (Å²) in [5.41, 5.74) is 2.14. The number of benzene rings is 2. The highest BCUT2D eigenvalue weighted by atomic mass is 35.5. The molecule has 3 heterocycles. The first-order chi connectivity index (χ1) is 16.9. The SMILES string of the molecule is Cc1cnn(-c2cc(O[C@@H](C)c3ncccn3)c3c(Nc4ccc(F)c(Cl)c4F)ncnc3c2)c1. The molecule has 0 spiro atoms. The molecular formula is C24H18ClF2N7O. The molecule has 0 fully saturated rings. The van der Waals surface area contributed by atoms with Gasteiger partial charge in [-0.25, -0.2) is 33.4 Å². The Morgan fingerprint density at radius 3 is 2.63 bits per heavy atom. The van der Waals surface area contributed by atoms with E-state index in [1.54, 1.807) is 41.5 Å². The van der Waals surface area contributed by atoms with Crippen LogP contribution in [0.5, 0.6) is 5.75 Å². The van der Waals surface area contributed by atoms with Crippen LogP contribution in [0.1, 0.15) is 24.4 Å². The fourth-order valence-corrected chi connectivity index (χ4v) is 3.69. The maximum Gasteiger partial charge on any atom is 0.168 e. The number of nitrogens with one attached hydrogen (secondary N) is 1. The minimum Gasteiger partial charge on any atom is -0.482 e. The largest absolute Gasteiger partial charge is 0.482 e. The summed E-state index contributed by atoms with van der Waals surface area (Å²) >= 11 is 5.75. The number of aromatic nitrogens is 6. The van der Waals surface area contributed by atoms with Crippen molar-refractivity contribution in [1.82, 2.24) is 29.7 Å². The number of aryl methyl sites for hydroxylation is 1. The average Bonchev–Trinajstić information content (AvgIpc) is 3.31. The van der Waals surface area contributed by atoms with E-state index in [0.717, 1.165) is 11.6 Å². The summed E-state index contributed by atoms with van der Waals surface area (Å²) in [4.78, 5) is 17.2. The monoisotopic (exact) mass is 493 g/mol. The van der Waals surface area contributed by atoms with Gasteiger partial charge in [-0.1, -0.05) is 11.6 Å². The summed E-state index contributed by atoms with van der Waals surface area (Å²) in [6, 6.07) is 7.61. The summed E-state index contributed by atoms with van der Waals surface area (Å²) in [5, 5.41) is 7.12. The smallest absolute Gasteiger partial charge is 0.168 e. The molecule has 0 aliphatic heterocycles. The number of rotatable bonds is 6. The first kappa shape index (κ1) is 22.6. The van der Waals surface area contributed by atoms with Crippen LogP contribution in [0.25, 0.3) is 16.6 Å². The summed E-state index contributed by atoms with van der Waals surface area (Å²) < 4.78 is 36.3. The second-order valence-electron chi connectivity index (χ2n) is 7.74. The molecule has 176 valence electrons. The van der Waals surface area contributed by atoms with Gasteiger partial charge in [0.1, 0.15) is 28.7 Å². The second-order valence-corrected chi connectivity index (χ2v) is 8.12. The third-order valence-corrected chi connectivity index (χ3v) is 5.55. The van der Waals surface area contributed by atoms with Crippen LogP contribution in [0, 0.1) is 18.6 Å². The van der Waals surface area contributed by atoms with Crippen LogP contribution in [0.4, 0.5) is 20.3 Å². The fraction of sp³-hybridized carbons (Fsp3) is 0.125. The molecule has 0 unspecified atom stereocenters. The van der Waals surface area contributed by atoms with Gasteiger partial charge >= 0.3 is 0 Å². The zero-order valence-corrected chi connectivity index (χ0v) is 19.3. The van der Waals surface area contributed by atoms with Crippen molar-refractivity contribution in [2.75, 3.05) is 5.32 Å². The van der Waals surface area contributed by atoms with Gasteiger partial charge in [0.25, 0.3) is 0 Å². The van der Waals surface area contributed by atoms with Crippen molar-refractivity contribution in [1.29, 1.82) is 0 Å². The Bertz CT molecular complexity index is 1530. The van der Waals surface area contributed by atoms with Crippen LogP contribution in [-0.4, -0.2) is 29.7 Å². The van der Waals surface area contributed by atoms with E-state index >= 15 is 0 Å². The molecule has 2 aromatic carbocycles. The molecule has 1 atom stereocenters. The van der Waals surface area contributed by atoms with Gasteiger partial charge in [0.15, 0.2) is 17.7 Å². The minimum absolute atomic E-state index is 0.0476. The van der Waals surface area contributed by atoms with Gasteiger partial charge in [0.2, 0.25) is 0 Å². The van der Waals surface area contributed by atoms with E-state index in [1.807, 2.05) is 20.0 Å². The van der Waals surface area contributed by atoms with Crippen LogP contribution in [-0.2, 0) is 0 Å². The third-order valence-electron chi connectivity index (χ3n) is 5.20. The summed E-state index contributed by atoms with van der Waals surface area (Å²) in [6.07, 6.45) is 7.66. The van der Waals surface area contributed by atoms with Crippen LogP contribution < -0.4 is 10.1 Å². The van der Waals surface area contributed by atoms with Gasteiger partial charge in [-0.2, -0.15) is 5.10 Å². The lowest BCUT2D eigenvalue weighted by Crippen LogP contribution is -2.09.